The van der Waals surface area contributed by atoms with E-state index in [1.807, 2.05) is 0 Å². The first kappa shape index (κ1) is 15.8. The summed E-state index contributed by atoms with van der Waals surface area (Å²) < 4.78 is 34.0. The van der Waals surface area contributed by atoms with Crippen molar-refractivity contribution in [3.8, 4) is 0 Å². The van der Waals surface area contributed by atoms with Crippen molar-refractivity contribution in [3.05, 3.63) is 0 Å². The Hall–Kier alpha value is 1.34. The molecule has 0 aliphatic carbocycles. The Bertz CT molecular complexity index is 60.9. The van der Waals surface area contributed by atoms with Crippen molar-refractivity contribution in [1.82, 2.24) is 0 Å². The summed E-state index contributed by atoms with van der Waals surface area (Å²) in [5.41, 5.74) is 0. The molecule has 0 unspecified atom stereocenters. The van der Waals surface area contributed by atoms with E-state index >= 15 is 0 Å². The van der Waals surface area contributed by atoms with Crippen LogP contribution < -0.4 is 0 Å². The molecular weight excluding hydrogens is 208 g/mol. The van der Waals surface area contributed by atoms with Crippen LogP contribution in [0, 0.1) is 0 Å². The van der Waals surface area contributed by atoms with Crippen LogP contribution in [-0.2, 0) is 73.2 Å². The summed E-state index contributed by atoms with van der Waals surface area (Å²) in [5, 5.41) is 0. The number of rotatable bonds is 0. The van der Waals surface area contributed by atoms with E-state index in [4.69, 9.17) is 13.3 Å². The van der Waals surface area contributed by atoms with Gasteiger partial charge in [0.05, 0.1) is 0 Å². The summed E-state index contributed by atoms with van der Waals surface area (Å²) in [4.78, 5) is 0. The molecule has 0 saturated heterocycles. The third kappa shape index (κ3) is 116. The van der Waals surface area contributed by atoms with Crippen molar-refractivity contribution >= 4 is 0 Å². The molecule has 0 bridgehead atoms. The maximum atomic E-state index is 8.50. The van der Waals surface area contributed by atoms with Crippen molar-refractivity contribution in [1.29, 1.82) is 0 Å². The van der Waals surface area contributed by atoms with Gasteiger partial charge in [-0.1, -0.05) is 0 Å². The molecule has 0 radical (unpaired) electrons. The molecule has 4 nitrogen and oxygen atoms in total. The standard InChI is InChI=1S/4O.3Ti. The zero-order valence-corrected chi connectivity index (χ0v) is 7.82. The molecule has 7 heavy (non-hydrogen) atoms. The summed E-state index contributed by atoms with van der Waals surface area (Å²) in [6.07, 6.45) is 0. The maximum absolute atomic E-state index is 8.50. The second-order valence-corrected chi connectivity index (χ2v) is 0.687. The molecule has 0 atom stereocenters. The molecular formula is O4Ti3. The molecule has 7 heteroatoms. The molecule has 0 fully saturated rings. The smallest absolute Gasteiger partial charge is 0 e. The van der Waals surface area contributed by atoms with Crippen LogP contribution in [0.3, 0.4) is 0 Å². The molecule has 0 aliphatic rings. The van der Waals surface area contributed by atoms with Crippen LogP contribution in [0.15, 0.2) is 0 Å². The van der Waals surface area contributed by atoms with Crippen molar-refractivity contribution < 1.29 is 73.2 Å². The summed E-state index contributed by atoms with van der Waals surface area (Å²) in [6, 6.07) is 0. The van der Waals surface area contributed by atoms with Gasteiger partial charge in [-0.05, 0) is 0 Å². The Labute approximate surface area is 72.4 Å². The van der Waals surface area contributed by atoms with Gasteiger partial charge < -0.3 is 0 Å². The van der Waals surface area contributed by atoms with Gasteiger partial charge >= 0.3 is 51.5 Å². The molecule has 0 N–H and O–H groups in total. The Morgan fingerprint density at radius 1 is 0.714 bits per heavy atom. The van der Waals surface area contributed by atoms with Crippen molar-refractivity contribution in [2.24, 2.45) is 0 Å². The first-order chi connectivity index (χ1) is 2.83. The van der Waals surface area contributed by atoms with Crippen molar-refractivity contribution in [2.75, 3.05) is 0 Å². The fraction of sp³-hybridized carbons (Fsp3) is 0. The average molecular weight is 208 g/mol. The zero-order chi connectivity index (χ0) is 5.41. The normalized spacial score (nSPS) is 2.29. The topological polar surface area (TPSA) is 68.3 Å². The maximum Gasteiger partial charge on any atom is 0 e. The summed E-state index contributed by atoms with van der Waals surface area (Å²) >= 11 is -4.00. The molecule has 0 amide bonds. The molecule has 0 rings (SSSR count). The van der Waals surface area contributed by atoms with Gasteiger partial charge in [0.2, 0.25) is 0 Å². The first-order valence-electron chi connectivity index (χ1n) is 0.816. The number of hydrogen-bond acceptors (Lipinski definition) is 4. The molecule has 0 spiro atoms. The van der Waals surface area contributed by atoms with Crippen LogP contribution in [0.25, 0.3) is 0 Å². The van der Waals surface area contributed by atoms with Gasteiger partial charge in [0.15, 0.2) is 0 Å². The predicted octanol–water partition coefficient (Wildman–Crippen LogP) is -0.483. The van der Waals surface area contributed by atoms with E-state index in [1.54, 1.807) is 0 Å². The predicted molar refractivity (Wildman–Crippen MR) is 2.75 cm³/mol. The molecule has 0 aromatic rings. The average Bonchev–Trinajstić information content (AvgIpc) is 1.39. The quantitative estimate of drug-likeness (QED) is 0.503. The molecule has 0 aromatic carbocycles. The fourth-order valence-electron chi connectivity index (χ4n) is 0. The van der Waals surface area contributed by atoms with Crippen molar-refractivity contribution in [3.63, 3.8) is 0 Å². The summed E-state index contributed by atoms with van der Waals surface area (Å²) in [6.45, 7) is 0. The monoisotopic (exact) mass is 208 g/mol. The summed E-state index contributed by atoms with van der Waals surface area (Å²) in [7, 11) is 0. The van der Waals surface area contributed by atoms with Crippen LogP contribution in [0.5, 0.6) is 0 Å². The molecule has 36 valence electrons. The second-order valence-electron chi connectivity index (χ2n) is 0.167. The van der Waals surface area contributed by atoms with Crippen LogP contribution >= 0.6 is 0 Å². The van der Waals surface area contributed by atoms with Gasteiger partial charge in [0.25, 0.3) is 0 Å². The Morgan fingerprint density at radius 2 is 0.714 bits per heavy atom. The fourth-order valence-corrected chi connectivity index (χ4v) is 0. The van der Waals surface area contributed by atoms with Crippen molar-refractivity contribution in [2.45, 2.75) is 0 Å². The van der Waals surface area contributed by atoms with Crippen LogP contribution in [0.1, 0.15) is 0 Å². The minimum absolute atomic E-state index is 0. The summed E-state index contributed by atoms with van der Waals surface area (Å²) in [5.74, 6) is 0. The minimum Gasteiger partial charge on any atom is 0 e. The van der Waals surface area contributed by atoms with Gasteiger partial charge in [-0.15, -0.1) is 0 Å². The van der Waals surface area contributed by atoms with Crippen LogP contribution in [-0.4, -0.2) is 0 Å². The van der Waals surface area contributed by atoms with E-state index < -0.39 is 38.2 Å². The van der Waals surface area contributed by atoms with Gasteiger partial charge in [-0.2, -0.15) is 0 Å². The van der Waals surface area contributed by atoms with Gasteiger partial charge in [-0.3, -0.25) is 0 Å². The van der Waals surface area contributed by atoms with Gasteiger partial charge in [-0.25, -0.2) is 0 Å². The second kappa shape index (κ2) is 26.4. The third-order valence-corrected chi connectivity index (χ3v) is 0. The van der Waals surface area contributed by atoms with Crippen LogP contribution in [0.4, 0.5) is 0 Å². The van der Waals surface area contributed by atoms with E-state index in [-0.39, 0.29) is 21.7 Å². The SMILES string of the molecule is [O]=[Ti]=[O].[O]=[Ti]=[O].[Ti]. The zero-order valence-electron chi connectivity index (χ0n) is 3.13. The number of hydrogen-bond donors (Lipinski definition) is 0. The molecule has 0 aromatic heterocycles. The first-order valence-corrected chi connectivity index (χ1v) is 3.37. The largest absolute Gasteiger partial charge is 0 e. The van der Waals surface area contributed by atoms with Gasteiger partial charge in [0.1, 0.15) is 0 Å². The van der Waals surface area contributed by atoms with E-state index in [2.05, 4.69) is 0 Å². The Kier molecular flexibility index (Phi) is 59.5. The third-order valence-electron chi connectivity index (χ3n) is 0. The molecule has 0 saturated carbocycles. The van der Waals surface area contributed by atoms with E-state index in [0.29, 0.717) is 0 Å². The van der Waals surface area contributed by atoms with E-state index in [9.17, 15) is 0 Å². The Balaban J connectivity index is -0.0000000400. The van der Waals surface area contributed by atoms with E-state index in [1.165, 1.54) is 0 Å². The van der Waals surface area contributed by atoms with Crippen LogP contribution in [0.2, 0.25) is 0 Å². The Morgan fingerprint density at radius 3 is 0.714 bits per heavy atom. The molecule has 0 aliphatic heterocycles. The van der Waals surface area contributed by atoms with E-state index in [0.717, 1.165) is 0 Å². The minimum atomic E-state index is -2.00. The molecule has 0 heterocycles. The van der Waals surface area contributed by atoms with Gasteiger partial charge in [0, 0.05) is 21.7 Å².